The van der Waals surface area contributed by atoms with Crippen molar-refractivity contribution in [3.05, 3.63) is 81.1 Å². The summed E-state index contributed by atoms with van der Waals surface area (Å²) in [5, 5.41) is 0.815. The molecule has 0 spiro atoms. The Labute approximate surface area is 149 Å². The Morgan fingerprint density at radius 1 is 0.960 bits per heavy atom. The quantitative estimate of drug-likeness (QED) is 0.714. The lowest BCUT2D eigenvalue weighted by molar-refractivity contribution is -0.925. The molecule has 25 heavy (non-hydrogen) atoms. The molecule has 3 nitrogen and oxygen atoms in total. The molecule has 1 atom stereocenters. The predicted molar refractivity (Wildman–Crippen MR) is 104 cm³/mol. The normalized spacial score (nSPS) is 12.4. The van der Waals surface area contributed by atoms with Crippen LogP contribution in [0.5, 0.6) is 0 Å². The zero-order chi connectivity index (χ0) is 17.8. The van der Waals surface area contributed by atoms with E-state index in [9.17, 15) is 4.79 Å². The number of aromatic amines is 1. The minimum absolute atomic E-state index is 0.181. The van der Waals surface area contributed by atoms with E-state index in [4.69, 9.17) is 0 Å². The maximum absolute atomic E-state index is 13.1. The highest BCUT2D eigenvalue weighted by atomic mass is 16.1. The highest BCUT2D eigenvalue weighted by Gasteiger charge is 2.16. The highest BCUT2D eigenvalue weighted by molar-refractivity contribution is 5.80. The molecule has 1 heterocycles. The first kappa shape index (κ1) is 17.4. The number of hydrogen-bond acceptors (Lipinski definition) is 1. The van der Waals surface area contributed by atoms with E-state index in [0.29, 0.717) is 0 Å². The van der Waals surface area contributed by atoms with Gasteiger partial charge in [0.1, 0.15) is 13.1 Å². The van der Waals surface area contributed by atoms with Crippen molar-refractivity contribution < 1.29 is 4.90 Å². The lowest BCUT2D eigenvalue weighted by Gasteiger charge is -2.19. The van der Waals surface area contributed by atoms with E-state index >= 15 is 0 Å². The molecular formula is C22H27N2O+. The number of H-pyrrole nitrogens is 1. The molecule has 0 amide bonds. The second kappa shape index (κ2) is 7.66. The maximum atomic E-state index is 13.1. The molecule has 0 radical (unpaired) electrons. The van der Waals surface area contributed by atoms with E-state index in [0.717, 1.165) is 48.2 Å². The number of benzene rings is 2. The Bertz CT molecular complexity index is 912. The van der Waals surface area contributed by atoms with Gasteiger partial charge in [0.2, 0.25) is 0 Å². The van der Waals surface area contributed by atoms with Crippen LogP contribution in [0.15, 0.2) is 53.3 Å². The first-order valence-electron chi connectivity index (χ1n) is 9.14. The minimum atomic E-state index is 0.181. The summed E-state index contributed by atoms with van der Waals surface area (Å²) in [6, 6.07) is 16.7. The zero-order valence-electron chi connectivity index (χ0n) is 15.4. The van der Waals surface area contributed by atoms with E-state index in [1.54, 1.807) is 0 Å². The first-order valence-corrected chi connectivity index (χ1v) is 9.14. The summed E-state index contributed by atoms with van der Waals surface area (Å²) in [4.78, 5) is 17.9. The Hall–Kier alpha value is -2.39. The van der Waals surface area contributed by atoms with Gasteiger partial charge < -0.3 is 9.88 Å². The van der Waals surface area contributed by atoms with Crippen LogP contribution in [0.3, 0.4) is 0 Å². The minimum Gasteiger partial charge on any atom is -0.358 e. The zero-order valence-corrected chi connectivity index (χ0v) is 15.4. The van der Waals surface area contributed by atoms with Crippen LogP contribution >= 0.6 is 0 Å². The third-order valence-corrected chi connectivity index (χ3v) is 5.01. The van der Waals surface area contributed by atoms with E-state index in [1.165, 1.54) is 16.0 Å². The van der Waals surface area contributed by atoms with E-state index in [-0.39, 0.29) is 5.43 Å². The Kier molecular flexibility index (Phi) is 5.34. The van der Waals surface area contributed by atoms with Crippen LogP contribution in [-0.2, 0) is 19.5 Å². The number of quaternary nitrogens is 1. The van der Waals surface area contributed by atoms with Crippen LogP contribution in [0, 0.1) is 6.92 Å². The summed E-state index contributed by atoms with van der Waals surface area (Å²) in [5.74, 6) is 0. The summed E-state index contributed by atoms with van der Waals surface area (Å²) in [5.41, 5.74) is 5.53. The van der Waals surface area contributed by atoms with Gasteiger partial charge in [-0.2, -0.15) is 0 Å². The molecular weight excluding hydrogens is 308 g/mol. The van der Waals surface area contributed by atoms with Gasteiger partial charge in [-0.15, -0.1) is 0 Å². The lowest BCUT2D eigenvalue weighted by atomic mass is 10.0. The molecule has 130 valence electrons. The van der Waals surface area contributed by atoms with E-state index in [2.05, 4.69) is 49.2 Å². The fourth-order valence-corrected chi connectivity index (χ4v) is 3.38. The van der Waals surface area contributed by atoms with Crippen LogP contribution in [-0.4, -0.2) is 11.5 Å². The van der Waals surface area contributed by atoms with Crippen molar-refractivity contribution in [1.82, 2.24) is 4.98 Å². The number of fused-ring (bicyclic) bond motifs is 1. The van der Waals surface area contributed by atoms with Gasteiger partial charge in [-0.25, -0.2) is 0 Å². The molecule has 0 saturated carbocycles. The van der Waals surface area contributed by atoms with Crippen LogP contribution in [0.4, 0.5) is 0 Å². The van der Waals surface area contributed by atoms with Gasteiger partial charge in [0, 0.05) is 22.2 Å². The van der Waals surface area contributed by atoms with Crippen molar-refractivity contribution in [2.24, 2.45) is 0 Å². The highest BCUT2D eigenvalue weighted by Crippen LogP contribution is 2.14. The molecule has 0 bridgehead atoms. The smallest absolute Gasteiger partial charge is 0.198 e. The molecule has 0 aliphatic heterocycles. The average molecular weight is 335 g/mol. The Morgan fingerprint density at radius 3 is 2.40 bits per heavy atom. The number of hydrogen-bond donors (Lipinski definition) is 2. The third-order valence-electron chi connectivity index (χ3n) is 5.01. The Morgan fingerprint density at radius 2 is 1.72 bits per heavy atom. The molecule has 1 aromatic heterocycles. The molecule has 2 N–H and O–H groups in total. The second-order valence-electron chi connectivity index (χ2n) is 6.73. The molecule has 2 aromatic carbocycles. The van der Waals surface area contributed by atoms with Crippen molar-refractivity contribution in [3.8, 4) is 0 Å². The Balaban J connectivity index is 1.95. The second-order valence-corrected chi connectivity index (χ2v) is 6.73. The van der Waals surface area contributed by atoms with Gasteiger partial charge in [-0.3, -0.25) is 4.79 Å². The lowest BCUT2D eigenvalue weighted by Crippen LogP contribution is -3.09. The van der Waals surface area contributed by atoms with Crippen molar-refractivity contribution in [3.63, 3.8) is 0 Å². The number of pyridine rings is 1. The summed E-state index contributed by atoms with van der Waals surface area (Å²) in [6.45, 7) is 8.98. The van der Waals surface area contributed by atoms with Gasteiger partial charge in [0.05, 0.1) is 12.1 Å². The fourth-order valence-electron chi connectivity index (χ4n) is 3.38. The molecule has 0 aliphatic carbocycles. The topological polar surface area (TPSA) is 37.3 Å². The third kappa shape index (κ3) is 3.83. The van der Waals surface area contributed by atoms with Crippen molar-refractivity contribution in [2.75, 3.05) is 6.54 Å². The largest absolute Gasteiger partial charge is 0.358 e. The first-order chi connectivity index (χ1) is 12.1. The van der Waals surface area contributed by atoms with Crippen molar-refractivity contribution in [2.45, 2.75) is 40.3 Å². The number of rotatable bonds is 6. The SMILES string of the molecule is CCc1ccc2[nH]c(C)c(C[NH+](CC)Cc3ccccc3)c(=O)c2c1. The maximum Gasteiger partial charge on any atom is 0.198 e. The van der Waals surface area contributed by atoms with Crippen molar-refractivity contribution in [1.29, 1.82) is 0 Å². The molecule has 0 fully saturated rings. The van der Waals surface area contributed by atoms with Crippen LogP contribution in [0.25, 0.3) is 10.9 Å². The standard InChI is InChI=1S/C22H26N2O/c1-4-17-11-12-21-19(13-17)22(25)20(16(3)23-21)15-24(5-2)14-18-9-7-6-8-10-18/h6-13H,4-5,14-15H2,1-3H3,(H,23,25)/p+1. The number of aryl methyl sites for hydroxylation is 2. The van der Waals surface area contributed by atoms with Gasteiger partial charge in [0.15, 0.2) is 5.43 Å². The summed E-state index contributed by atoms with van der Waals surface area (Å²) < 4.78 is 0. The summed E-state index contributed by atoms with van der Waals surface area (Å²) >= 11 is 0. The monoisotopic (exact) mass is 335 g/mol. The van der Waals surface area contributed by atoms with Crippen LogP contribution in [0.1, 0.15) is 36.2 Å². The van der Waals surface area contributed by atoms with Gasteiger partial charge in [-0.1, -0.05) is 43.3 Å². The molecule has 3 rings (SSSR count). The number of aromatic nitrogens is 1. The summed E-state index contributed by atoms with van der Waals surface area (Å²) in [6.07, 6.45) is 0.943. The fraction of sp³-hybridized carbons (Fsp3) is 0.318. The molecule has 0 saturated heterocycles. The van der Waals surface area contributed by atoms with E-state index in [1.807, 2.05) is 25.1 Å². The predicted octanol–water partition coefficient (Wildman–Crippen LogP) is 3.00. The molecule has 3 heteroatoms. The molecule has 0 aliphatic rings. The van der Waals surface area contributed by atoms with Crippen LogP contribution < -0.4 is 10.3 Å². The van der Waals surface area contributed by atoms with Crippen LogP contribution in [0.2, 0.25) is 0 Å². The molecule has 1 unspecified atom stereocenters. The van der Waals surface area contributed by atoms with Gasteiger partial charge >= 0.3 is 0 Å². The van der Waals surface area contributed by atoms with Gasteiger partial charge in [-0.05, 0) is 38.0 Å². The van der Waals surface area contributed by atoms with Crippen molar-refractivity contribution >= 4 is 10.9 Å². The average Bonchev–Trinajstić information content (AvgIpc) is 2.64. The van der Waals surface area contributed by atoms with E-state index < -0.39 is 0 Å². The van der Waals surface area contributed by atoms with Gasteiger partial charge in [0.25, 0.3) is 0 Å². The molecule has 3 aromatic rings. The number of nitrogens with one attached hydrogen (secondary N) is 2. The summed E-state index contributed by atoms with van der Waals surface area (Å²) in [7, 11) is 0.